The van der Waals surface area contributed by atoms with E-state index in [1.807, 2.05) is 0 Å². The van der Waals surface area contributed by atoms with Crippen molar-refractivity contribution in [3.05, 3.63) is 35.9 Å². The van der Waals surface area contributed by atoms with Crippen molar-refractivity contribution in [1.82, 2.24) is 10.6 Å². The molecule has 3 nitrogen and oxygen atoms in total. The number of hydrogen-bond donors (Lipinski definition) is 2. The summed E-state index contributed by atoms with van der Waals surface area (Å²) in [5, 5.41) is 4.44. The van der Waals surface area contributed by atoms with Crippen molar-refractivity contribution in [3.63, 3.8) is 0 Å². The average Bonchev–Trinajstić information content (AvgIpc) is 2.28. The number of rotatable bonds is 4. The van der Waals surface area contributed by atoms with E-state index in [1.165, 1.54) is 31.3 Å². The minimum absolute atomic E-state index is 0.0869. The van der Waals surface area contributed by atoms with Crippen LogP contribution in [0.2, 0.25) is 0 Å². The van der Waals surface area contributed by atoms with Gasteiger partial charge < -0.3 is 5.32 Å². The maximum atomic E-state index is 12.8. The van der Waals surface area contributed by atoms with E-state index in [9.17, 15) is 18.0 Å². The van der Waals surface area contributed by atoms with Crippen LogP contribution >= 0.6 is 0 Å². The number of halogens is 3. The zero-order valence-corrected chi connectivity index (χ0v) is 9.21. The molecule has 0 spiro atoms. The summed E-state index contributed by atoms with van der Waals surface area (Å²) >= 11 is 0. The average molecular weight is 246 g/mol. The molecule has 0 bridgehead atoms. The predicted octanol–water partition coefficient (Wildman–Crippen LogP) is 1.63. The fraction of sp³-hybridized carbons (Fsp3) is 0.364. The molecule has 0 aromatic heterocycles. The molecule has 0 saturated heterocycles. The highest BCUT2D eigenvalue weighted by molar-refractivity contribution is 5.77. The number of carbonyl (C=O) groups excluding carboxylic acids is 1. The second-order valence-corrected chi connectivity index (χ2v) is 3.44. The largest absolute Gasteiger partial charge is 0.407 e. The van der Waals surface area contributed by atoms with Gasteiger partial charge in [0.1, 0.15) is 6.04 Å². The lowest BCUT2D eigenvalue weighted by atomic mass is 10.1. The molecular weight excluding hydrogens is 233 g/mol. The van der Waals surface area contributed by atoms with Crippen molar-refractivity contribution in [3.8, 4) is 0 Å². The Kier molecular flexibility index (Phi) is 4.51. The van der Waals surface area contributed by atoms with Crippen LogP contribution in [0, 0.1) is 0 Å². The molecule has 1 aromatic carbocycles. The van der Waals surface area contributed by atoms with E-state index in [-0.39, 0.29) is 12.1 Å². The molecule has 1 unspecified atom stereocenters. The van der Waals surface area contributed by atoms with Crippen molar-refractivity contribution in [2.45, 2.75) is 12.2 Å². The standard InChI is InChI=1S/C11H13F3N2O/c1-15-9(17)7-16-10(11(12,13)14)8-5-3-2-4-6-8/h2-6,10,16H,7H2,1H3,(H,15,17). The van der Waals surface area contributed by atoms with E-state index in [4.69, 9.17) is 0 Å². The predicted molar refractivity (Wildman–Crippen MR) is 57.3 cm³/mol. The van der Waals surface area contributed by atoms with Gasteiger partial charge in [0.2, 0.25) is 5.91 Å². The Labute approximate surface area is 97.0 Å². The monoisotopic (exact) mass is 246 g/mol. The number of alkyl halides is 3. The second-order valence-electron chi connectivity index (χ2n) is 3.44. The summed E-state index contributed by atoms with van der Waals surface area (Å²) in [5.41, 5.74) is 0.0869. The van der Waals surface area contributed by atoms with Crippen LogP contribution in [0.25, 0.3) is 0 Å². The molecule has 6 heteroatoms. The number of likely N-dealkylation sites (N-methyl/N-ethyl adjacent to an activating group) is 1. The van der Waals surface area contributed by atoms with Gasteiger partial charge >= 0.3 is 6.18 Å². The summed E-state index contributed by atoms with van der Waals surface area (Å²) in [6, 6.07) is 5.59. The van der Waals surface area contributed by atoms with Crippen molar-refractivity contribution in [2.24, 2.45) is 0 Å². The van der Waals surface area contributed by atoms with Crippen LogP contribution in [-0.4, -0.2) is 25.7 Å². The Bertz CT molecular complexity index is 365. The summed E-state index contributed by atoms with van der Waals surface area (Å²) in [6.45, 7) is -0.379. The first kappa shape index (κ1) is 13.5. The molecule has 2 N–H and O–H groups in total. The molecule has 1 aromatic rings. The lowest BCUT2D eigenvalue weighted by Crippen LogP contribution is -2.40. The minimum atomic E-state index is -4.44. The van der Waals surface area contributed by atoms with Crippen LogP contribution in [0.15, 0.2) is 30.3 Å². The maximum absolute atomic E-state index is 12.8. The molecule has 0 heterocycles. The van der Waals surface area contributed by atoms with Gasteiger partial charge in [-0.25, -0.2) is 0 Å². The Balaban J connectivity index is 2.79. The summed E-state index contributed by atoms with van der Waals surface area (Å²) in [4.78, 5) is 10.9. The summed E-state index contributed by atoms with van der Waals surface area (Å²) in [6.07, 6.45) is -4.44. The molecule has 0 aliphatic carbocycles. The molecule has 0 radical (unpaired) electrons. The first-order chi connectivity index (χ1) is 7.95. The SMILES string of the molecule is CNC(=O)CNC(c1ccccc1)C(F)(F)F. The van der Waals surface area contributed by atoms with Crippen LogP contribution in [0.4, 0.5) is 13.2 Å². The molecule has 0 fully saturated rings. The first-order valence-corrected chi connectivity index (χ1v) is 5.00. The van der Waals surface area contributed by atoms with Gasteiger partial charge in [-0.2, -0.15) is 13.2 Å². The van der Waals surface area contributed by atoms with Crippen LogP contribution in [-0.2, 0) is 4.79 Å². The van der Waals surface area contributed by atoms with Gasteiger partial charge in [-0.15, -0.1) is 0 Å². The lowest BCUT2D eigenvalue weighted by Gasteiger charge is -2.21. The molecule has 0 aliphatic rings. The molecule has 1 amide bonds. The highest BCUT2D eigenvalue weighted by atomic mass is 19.4. The second kappa shape index (κ2) is 5.67. The zero-order chi connectivity index (χ0) is 12.9. The molecule has 1 rings (SSSR count). The zero-order valence-electron chi connectivity index (χ0n) is 9.21. The minimum Gasteiger partial charge on any atom is -0.358 e. The Morgan fingerprint density at radius 2 is 1.88 bits per heavy atom. The van der Waals surface area contributed by atoms with Gasteiger partial charge in [0.15, 0.2) is 0 Å². The molecule has 17 heavy (non-hydrogen) atoms. The lowest BCUT2D eigenvalue weighted by molar-refractivity contribution is -0.158. The van der Waals surface area contributed by atoms with Crippen LogP contribution < -0.4 is 10.6 Å². The summed E-state index contributed by atoms with van der Waals surface area (Å²) < 4.78 is 38.3. The number of benzene rings is 1. The van der Waals surface area contributed by atoms with Gasteiger partial charge in [-0.1, -0.05) is 30.3 Å². The van der Waals surface area contributed by atoms with E-state index in [1.54, 1.807) is 6.07 Å². The van der Waals surface area contributed by atoms with Gasteiger partial charge in [0, 0.05) is 7.05 Å². The number of amides is 1. The molecule has 1 atom stereocenters. The van der Waals surface area contributed by atoms with Gasteiger partial charge in [0.25, 0.3) is 0 Å². The van der Waals surface area contributed by atoms with Crippen LogP contribution in [0.5, 0.6) is 0 Å². The fourth-order valence-electron chi connectivity index (χ4n) is 1.35. The van der Waals surface area contributed by atoms with Crippen molar-refractivity contribution in [1.29, 1.82) is 0 Å². The molecule has 94 valence electrons. The fourth-order valence-corrected chi connectivity index (χ4v) is 1.35. The maximum Gasteiger partial charge on any atom is 0.407 e. The van der Waals surface area contributed by atoms with Crippen LogP contribution in [0.1, 0.15) is 11.6 Å². The number of hydrogen-bond acceptors (Lipinski definition) is 2. The van der Waals surface area contributed by atoms with E-state index in [0.717, 1.165) is 0 Å². The third-order valence-electron chi connectivity index (χ3n) is 2.21. The van der Waals surface area contributed by atoms with E-state index >= 15 is 0 Å². The summed E-state index contributed by atoms with van der Waals surface area (Å²) in [7, 11) is 1.37. The molecule has 0 aliphatic heterocycles. The smallest absolute Gasteiger partial charge is 0.358 e. The number of nitrogens with one attached hydrogen (secondary N) is 2. The van der Waals surface area contributed by atoms with Gasteiger partial charge in [0.05, 0.1) is 6.54 Å². The van der Waals surface area contributed by atoms with Crippen LogP contribution in [0.3, 0.4) is 0 Å². The van der Waals surface area contributed by atoms with E-state index in [0.29, 0.717) is 0 Å². The van der Waals surface area contributed by atoms with Crippen molar-refractivity contribution >= 4 is 5.91 Å². The topological polar surface area (TPSA) is 41.1 Å². The Morgan fingerprint density at radius 3 is 2.35 bits per heavy atom. The summed E-state index contributed by atoms with van der Waals surface area (Å²) in [5.74, 6) is -0.491. The Hall–Kier alpha value is -1.56. The van der Waals surface area contributed by atoms with Crippen molar-refractivity contribution in [2.75, 3.05) is 13.6 Å². The van der Waals surface area contributed by atoms with Gasteiger partial charge in [-0.3, -0.25) is 10.1 Å². The van der Waals surface area contributed by atoms with Crippen molar-refractivity contribution < 1.29 is 18.0 Å². The van der Waals surface area contributed by atoms with Gasteiger partial charge in [-0.05, 0) is 5.56 Å². The normalized spacial score (nSPS) is 13.2. The number of carbonyl (C=O) groups is 1. The Morgan fingerprint density at radius 1 is 1.29 bits per heavy atom. The third-order valence-corrected chi connectivity index (χ3v) is 2.21. The molecule has 0 saturated carbocycles. The van der Waals surface area contributed by atoms with E-state index in [2.05, 4.69) is 10.6 Å². The van der Waals surface area contributed by atoms with E-state index < -0.39 is 18.1 Å². The third kappa shape index (κ3) is 4.07. The first-order valence-electron chi connectivity index (χ1n) is 5.00. The molecular formula is C11H13F3N2O. The quantitative estimate of drug-likeness (QED) is 0.847. The highest BCUT2D eigenvalue weighted by Gasteiger charge is 2.40. The highest BCUT2D eigenvalue weighted by Crippen LogP contribution is 2.32.